The second kappa shape index (κ2) is 6.90. The Labute approximate surface area is 144 Å². The summed E-state index contributed by atoms with van der Waals surface area (Å²) < 4.78 is 12.2. The molecule has 5 fully saturated rings. The van der Waals surface area contributed by atoms with E-state index in [4.69, 9.17) is 9.47 Å². The highest BCUT2D eigenvalue weighted by atomic mass is 16.7. The largest absolute Gasteiger partial charge is 0.352 e. The Kier molecular flexibility index (Phi) is 4.82. The summed E-state index contributed by atoms with van der Waals surface area (Å²) in [6, 6.07) is 0.00746. The molecule has 2 unspecified atom stereocenters. The predicted octanol–water partition coefficient (Wildman–Crippen LogP) is 0.814. The van der Waals surface area contributed by atoms with Crippen molar-refractivity contribution >= 4 is 5.91 Å². The molecule has 0 aromatic rings. The summed E-state index contributed by atoms with van der Waals surface area (Å²) >= 11 is 0. The zero-order valence-electron chi connectivity index (χ0n) is 14.8. The monoisotopic (exact) mass is 337 g/mol. The Bertz CT molecular complexity index is 460. The van der Waals surface area contributed by atoms with Gasteiger partial charge in [0.25, 0.3) is 0 Å². The Morgan fingerprint density at radius 3 is 2.88 bits per heavy atom. The number of rotatable bonds is 3. The average Bonchev–Trinajstić information content (AvgIpc) is 2.76. The van der Waals surface area contributed by atoms with Crippen molar-refractivity contribution in [2.75, 3.05) is 45.9 Å². The maximum absolute atomic E-state index is 12.6. The number of nitrogens with zero attached hydrogens (tertiary/aromatic N) is 2. The van der Waals surface area contributed by atoms with E-state index < -0.39 is 0 Å². The van der Waals surface area contributed by atoms with Crippen LogP contribution in [0.5, 0.6) is 0 Å². The summed E-state index contributed by atoms with van der Waals surface area (Å²) in [7, 11) is 0. The van der Waals surface area contributed by atoms with Crippen molar-refractivity contribution in [1.29, 1.82) is 0 Å². The molecule has 6 heteroatoms. The van der Waals surface area contributed by atoms with Crippen molar-refractivity contribution in [3.8, 4) is 0 Å². The molecular formula is C18H31N3O3. The molecule has 1 saturated carbocycles. The van der Waals surface area contributed by atoms with Crippen LogP contribution in [0.3, 0.4) is 0 Å². The van der Waals surface area contributed by atoms with Gasteiger partial charge in [-0.05, 0) is 31.7 Å². The molecule has 6 nitrogen and oxygen atoms in total. The Hall–Kier alpha value is -0.690. The standard InChI is InChI=1S/C18H31N3O3/c1-14-3-5-18(6-4-14)23-13-15(24-18)11-19-17(22)16-12-20-7-2-8-21(16)10-9-20/h14-16H,2-13H2,1H3,(H,19,22)/t14?,15-,16-,18?/m0/s1. The molecule has 0 aromatic carbocycles. The maximum Gasteiger partial charge on any atom is 0.238 e. The molecule has 1 aliphatic carbocycles. The van der Waals surface area contributed by atoms with E-state index in [9.17, 15) is 4.79 Å². The van der Waals surface area contributed by atoms with E-state index in [1.165, 1.54) is 19.3 Å². The van der Waals surface area contributed by atoms with Crippen molar-refractivity contribution in [2.45, 2.75) is 57.0 Å². The number of hydrogen-bond donors (Lipinski definition) is 1. The molecule has 4 atom stereocenters. The molecule has 4 saturated heterocycles. The molecule has 2 bridgehead atoms. The van der Waals surface area contributed by atoms with E-state index in [0.717, 1.165) is 51.5 Å². The van der Waals surface area contributed by atoms with Crippen LogP contribution in [0.15, 0.2) is 0 Å². The van der Waals surface area contributed by atoms with Crippen molar-refractivity contribution < 1.29 is 14.3 Å². The van der Waals surface area contributed by atoms with Crippen molar-refractivity contribution in [3.05, 3.63) is 0 Å². The fraction of sp³-hybridized carbons (Fsp3) is 0.944. The molecule has 5 aliphatic rings. The SMILES string of the molecule is CC1CCC2(CC1)OC[C@H](CNC(=O)[C@@H]1CN3CCCN1CC3)O2. The van der Waals surface area contributed by atoms with Gasteiger partial charge < -0.3 is 14.8 Å². The second-order valence-electron chi connectivity index (χ2n) is 8.10. The summed E-state index contributed by atoms with van der Waals surface area (Å²) in [5, 5.41) is 3.13. The van der Waals surface area contributed by atoms with Gasteiger partial charge in [-0.1, -0.05) is 6.92 Å². The number of amides is 1. The third kappa shape index (κ3) is 3.47. The topological polar surface area (TPSA) is 54.0 Å². The fourth-order valence-electron chi connectivity index (χ4n) is 4.61. The normalized spacial score (nSPS) is 45.3. The molecule has 1 amide bonds. The number of piperazine rings is 1. The van der Waals surface area contributed by atoms with Crippen LogP contribution in [0.25, 0.3) is 0 Å². The first-order valence-electron chi connectivity index (χ1n) is 9.69. The van der Waals surface area contributed by atoms with Crippen LogP contribution in [-0.2, 0) is 14.3 Å². The first-order valence-corrected chi connectivity index (χ1v) is 9.69. The Morgan fingerprint density at radius 1 is 1.21 bits per heavy atom. The molecule has 1 N–H and O–H groups in total. The minimum Gasteiger partial charge on any atom is -0.352 e. The highest BCUT2D eigenvalue weighted by Gasteiger charge is 2.43. The van der Waals surface area contributed by atoms with Crippen LogP contribution < -0.4 is 5.32 Å². The minimum absolute atomic E-state index is 0.000581. The smallest absolute Gasteiger partial charge is 0.238 e. The number of fused-ring (bicyclic) bond motifs is 4. The number of ether oxygens (including phenoxy) is 2. The molecule has 1 spiro atoms. The quantitative estimate of drug-likeness (QED) is 0.826. The Balaban J connectivity index is 1.26. The highest BCUT2D eigenvalue weighted by Crippen LogP contribution is 2.39. The van der Waals surface area contributed by atoms with Crippen molar-refractivity contribution in [3.63, 3.8) is 0 Å². The van der Waals surface area contributed by atoms with Gasteiger partial charge in [-0.15, -0.1) is 0 Å². The van der Waals surface area contributed by atoms with E-state index in [2.05, 4.69) is 22.0 Å². The summed E-state index contributed by atoms with van der Waals surface area (Å²) in [4.78, 5) is 17.4. The summed E-state index contributed by atoms with van der Waals surface area (Å²) in [6.07, 6.45) is 5.50. The van der Waals surface area contributed by atoms with E-state index in [1.54, 1.807) is 0 Å². The fourth-order valence-corrected chi connectivity index (χ4v) is 4.61. The zero-order valence-corrected chi connectivity index (χ0v) is 14.8. The average molecular weight is 337 g/mol. The van der Waals surface area contributed by atoms with Gasteiger partial charge in [0.1, 0.15) is 12.1 Å². The van der Waals surface area contributed by atoms with Crippen LogP contribution in [0.4, 0.5) is 0 Å². The first-order chi connectivity index (χ1) is 11.6. The summed E-state index contributed by atoms with van der Waals surface area (Å²) in [6.45, 7) is 8.63. The van der Waals surface area contributed by atoms with Gasteiger partial charge in [0.15, 0.2) is 5.79 Å². The van der Waals surface area contributed by atoms with Crippen LogP contribution in [0.1, 0.15) is 39.0 Å². The van der Waals surface area contributed by atoms with Crippen LogP contribution in [0.2, 0.25) is 0 Å². The van der Waals surface area contributed by atoms with Gasteiger partial charge in [0, 0.05) is 45.6 Å². The van der Waals surface area contributed by atoms with Gasteiger partial charge >= 0.3 is 0 Å². The molecular weight excluding hydrogens is 306 g/mol. The highest BCUT2D eigenvalue weighted by molar-refractivity contribution is 5.82. The molecule has 136 valence electrons. The number of carbonyl (C=O) groups is 1. The number of nitrogens with one attached hydrogen (secondary N) is 1. The van der Waals surface area contributed by atoms with Gasteiger partial charge in [-0.25, -0.2) is 0 Å². The van der Waals surface area contributed by atoms with E-state index in [1.807, 2.05) is 0 Å². The second-order valence-corrected chi connectivity index (χ2v) is 8.10. The summed E-state index contributed by atoms with van der Waals surface area (Å²) in [5.74, 6) is 0.568. The molecule has 0 radical (unpaired) electrons. The van der Waals surface area contributed by atoms with Gasteiger partial charge in [-0.2, -0.15) is 0 Å². The van der Waals surface area contributed by atoms with E-state index in [0.29, 0.717) is 13.2 Å². The summed E-state index contributed by atoms with van der Waals surface area (Å²) in [5.41, 5.74) is 0. The Morgan fingerprint density at radius 2 is 2.04 bits per heavy atom. The first kappa shape index (κ1) is 16.8. The molecule has 4 aliphatic heterocycles. The van der Waals surface area contributed by atoms with Crippen LogP contribution >= 0.6 is 0 Å². The zero-order chi connectivity index (χ0) is 16.6. The lowest BCUT2D eigenvalue weighted by Crippen LogP contribution is -2.57. The van der Waals surface area contributed by atoms with Gasteiger partial charge in [0.05, 0.1) is 6.61 Å². The maximum atomic E-state index is 12.6. The lowest BCUT2D eigenvalue weighted by Gasteiger charge is -2.36. The van der Waals surface area contributed by atoms with Gasteiger partial charge in [0.2, 0.25) is 5.91 Å². The number of hydrogen-bond acceptors (Lipinski definition) is 5. The molecule has 5 rings (SSSR count). The van der Waals surface area contributed by atoms with Crippen LogP contribution in [0, 0.1) is 5.92 Å². The van der Waals surface area contributed by atoms with Crippen molar-refractivity contribution in [1.82, 2.24) is 15.1 Å². The molecule has 0 aromatic heterocycles. The molecule has 4 heterocycles. The van der Waals surface area contributed by atoms with E-state index >= 15 is 0 Å². The van der Waals surface area contributed by atoms with Crippen molar-refractivity contribution in [2.24, 2.45) is 5.92 Å². The lowest BCUT2D eigenvalue weighted by atomic mass is 9.86. The predicted molar refractivity (Wildman–Crippen MR) is 90.6 cm³/mol. The third-order valence-electron chi connectivity index (χ3n) is 6.25. The molecule has 24 heavy (non-hydrogen) atoms. The number of carbonyl (C=O) groups excluding carboxylic acids is 1. The van der Waals surface area contributed by atoms with Gasteiger partial charge in [-0.3, -0.25) is 14.6 Å². The third-order valence-corrected chi connectivity index (χ3v) is 6.25. The van der Waals surface area contributed by atoms with Crippen LogP contribution in [-0.4, -0.2) is 79.5 Å². The van der Waals surface area contributed by atoms with E-state index in [-0.39, 0.29) is 23.8 Å². The minimum atomic E-state index is -0.363. The lowest BCUT2D eigenvalue weighted by molar-refractivity contribution is -0.191.